The van der Waals surface area contributed by atoms with E-state index in [1.54, 1.807) is 0 Å². The molecular weight excluding hydrogens is 584 g/mol. The lowest BCUT2D eigenvalue weighted by atomic mass is 9.72. The van der Waals surface area contributed by atoms with Crippen LogP contribution >= 0.6 is 11.6 Å². The third-order valence-corrected chi connectivity index (χ3v) is 7.30. The van der Waals surface area contributed by atoms with Crippen molar-refractivity contribution < 1.29 is 58.0 Å². The summed E-state index contributed by atoms with van der Waals surface area (Å²) in [6.07, 6.45) is -4.83. The standard InChI is InChI=1S/C23H16ClF6NO7S/c1-36-19(32)12-2-5-18-16(8-12)31(20(33)22(25,26)27)10-21(11-37-18)7-6-17(38-39(34,35)23(28,29)30)14-9-13(24)3-4-15(14)21/h2-6,8-9H,7,10-11H2,1H3/t21-/m0/s1. The number of methoxy groups -OCH3 is 1. The average molecular weight is 600 g/mol. The molecule has 2 aromatic carbocycles. The van der Waals surface area contributed by atoms with Gasteiger partial charge in [0.25, 0.3) is 0 Å². The Bertz CT molecular complexity index is 1490. The van der Waals surface area contributed by atoms with E-state index in [1.165, 1.54) is 24.3 Å². The van der Waals surface area contributed by atoms with E-state index in [4.69, 9.17) is 16.3 Å². The number of allylic oxidation sites excluding steroid dienone is 1. The van der Waals surface area contributed by atoms with Crippen LogP contribution in [0, 0.1) is 0 Å². The summed E-state index contributed by atoms with van der Waals surface area (Å²) in [5.74, 6) is -4.15. The van der Waals surface area contributed by atoms with Gasteiger partial charge in [0.15, 0.2) is 0 Å². The Balaban J connectivity index is 1.86. The first-order chi connectivity index (χ1) is 18.0. The van der Waals surface area contributed by atoms with Gasteiger partial charge in [0.2, 0.25) is 0 Å². The smallest absolute Gasteiger partial charge is 0.490 e. The van der Waals surface area contributed by atoms with Crippen molar-refractivity contribution in [1.29, 1.82) is 0 Å². The summed E-state index contributed by atoms with van der Waals surface area (Å²) < 4.78 is 118. The molecule has 210 valence electrons. The lowest BCUT2D eigenvalue weighted by molar-refractivity contribution is -0.170. The number of halogens is 7. The molecule has 1 spiro atoms. The van der Waals surface area contributed by atoms with Crippen molar-refractivity contribution in [2.24, 2.45) is 0 Å². The number of benzene rings is 2. The van der Waals surface area contributed by atoms with Crippen LogP contribution in [-0.2, 0) is 29.2 Å². The van der Waals surface area contributed by atoms with Crippen LogP contribution < -0.4 is 9.64 Å². The van der Waals surface area contributed by atoms with Crippen LogP contribution in [-0.4, -0.2) is 52.2 Å². The summed E-state index contributed by atoms with van der Waals surface area (Å²) in [4.78, 5) is 25.0. The number of alkyl halides is 6. The third kappa shape index (κ3) is 5.24. The molecule has 0 radical (unpaired) electrons. The van der Waals surface area contributed by atoms with Crippen molar-refractivity contribution in [1.82, 2.24) is 0 Å². The summed E-state index contributed by atoms with van der Waals surface area (Å²) in [6, 6.07) is 7.00. The van der Waals surface area contributed by atoms with Crippen molar-refractivity contribution in [2.75, 3.05) is 25.2 Å². The second-order valence-corrected chi connectivity index (χ2v) is 10.6. The largest absolute Gasteiger partial charge is 0.534 e. The molecule has 8 nitrogen and oxygen atoms in total. The maximum Gasteiger partial charge on any atom is 0.534 e. The molecule has 1 aliphatic carbocycles. The lowest BCUT2D eigenvalue weighted by Gasteiger charge is -2.39. The lowest BCUT2D eigenvalue weighted by Crippen LogP contribution is -2.50. The van der Waals surface area contributed by atoms with Crippen LogP contribution in [0.1, 0.15) is 27.9 Å². The van der Waals surface area contributed by atoms with Crippen molar-refractivity contribution in [3.05, 3.63) is 64.2 Å². The molecule has 0 fully saturated rings. The van der Waals surface area contributed by atoms with Gasteiger partial charge in [0.05, 0.1) is 23.8 Å². The fraction of sp³-hybridized carbons (Fsp3) is 0.304. The van der Waals surface area contributed by atoms with E-state index in [9.17, 15) is 44.3 Å². The van der Waals surface area contributed by atoms with Gasteiger partial charge >= 0.3 is 33.7 Å². The molecule has 0 unspecified atom stereocenters. The highest BCUT2D eigenvalue weighted by atomic mass is 35.5. The quantitative estimate of drug-likeness (QED) is 0.213. The van der Waals surface area contributed by atoms with Crippen LogP contribution in [0.2, 0.25) is 5.02 Å². The first-order valence-corrected chi connectivity index (χ1v) is 12.5. The van der Waals surface area contributed by atoms with E-state index >= 15 is 0 Å². The van der Waals surface area contributed by atoms with E-state index < -0.39 is 70.1 Å². The van der Waals surface area contributed by atoms with Crippen molar-refractivity contribution in [3.63, 3.8) is 0 Å². The Morgan fingerprint density at radius 1 is 1.08 bits per heavy atom. The molecule has 2 aliphatic rings. The average Bonchev–Trinajstić information content (AvgIpc) is 3.01. The van der Waals surface area contributed by atoms with Gasteiger partial charge in [-0.05, 0) is 48.4 Å². The van der Waals surface area contributed by atoms with E-state index in [2.05, 4.69) is 8.92 Å². The Hall–Kier alpha value is -3.46. The number of carbonyl (C=O) groups is 2. The van der Waals surface area contributed by atoms with Crippen LogP contribution in [0.15, 0.2) is 42.5 Å². The molecule has 1 amide bonds. The molecule has 1 heterocycles. The van der Waals surface area contributed by atoms with Gasteiger partial charge in [0, 0.05) is 17.1 Å². The normalized spacial score (nSPS) is 19.3. The fourth-order valence-electron chi connectivity index (χ4n) is 4.30. The second-order valence-electron chi connectivity index (χ2n) is 8.58. The Morgan fingerprint density at radius 3 is 2.38 bits per heavy atom. The third-order valence-electron chi connectivity index (χ3n) is 6.10. The van der Waals surface area contributed by atoms with Crippen LogP contribution in [0.3, 0.4) is 0 Å². The van der Waals surface area contributed by atoms with E-state index in [1.807, 2.05) is 0 Å². The second kappa shape index (κ2) is 9.62. The Morgan fingerprint density at radius 2 is 1.77 bits per heavy atom. The predicted octanol–water partition coefficient (Wildman–Crippen LogP) is 4.96. The summed E-state index contributed by atoms with van der Waals surface area (Å²) >= 11 is 5.99. The topological polar surface area (TPSA) is 99.2 Å². The highest BCUT2D eigenvalue weighted by Gasteiger charge is 2.52. The van der Waals surface area contributed by atoms with E-state index in [-0.39, 0.29) is 27.5 Å². The number of hydrogen-bond donors (Lipinski definition) is 0. The first-order valence-electron chi connectivity index (χ1n) is 10.7. The van der Waals surface area contributed by atoms with E-state index in [0.29, 0.717) is 4.90 Å². The van der Waals surface area contributed by atoms with Crippen molar-refractivity contribution in [3.8, 4) is 5.75 Å². The van der Waals surface area contributed by atoms with Gasteiger partial charge < -0.3 is 18.6 Å². The summed E-state index contributed by atoms with van der Waals surface area (Å²) in [7, 11) is -5.06. The molecule has 2 aromatic rings. The molecule has 1 atom stereocenters. The number of rotatable bonds is 3. The summed E-state index contributed by atoms with van der Waals surface area (Å²) in [6.45, 7) is -1.13. The Kier molecular flexibility index (Phi) is 7.04. The maximum atomic E-state index is 13.7. The van der Waals surface area contributed by atoms with Gasteiger partial charge in [-0.2, -0.15) is 34.8 Å². The number of anilines is 1. The Labute approximate surface area is 221 Å². The van der Waals surface area contributed by atoms with Crippen LogP contribution in [0.5, 0.6) is 5.75 Å². The molecule has 1 aliphatic heterocycles. The van der Waals surface area contributed by atoms with Gasteiger partial charge in [-0.1, -0.05) is 17.7 Å². The molecule has 16 heteroatoms. The van der Waals surface area contributed by atoms with Gasteiger partial charge in [-0.25, -0.2) is 4.79 Å². The highest BCUT2D eigenvalue weighted by Crippen LogP contribution is 2.47. The summed E-state index contributed by atoms with van der Waals surface area (Å²) in [5.41, 5.74) is -8.13. The van der Waals surface area contributed by atoms with E-state index in [0.717, 1.165) is 25.3 Å². The number of esters is 1. The minimum atomic E-state index is -6.10. The number of ether oxygens (including phenoxy) is 2. The highest BCUT2D eigenvalue weighted by molar-refractivity contribution is 7.87. The van der Waals surface area contributed by atoms with Gasteiger partial charge in [-0.3, -0.25) is 4.79 Å². The molecule has 39 heavy (non-hydrogen) atoms. The van der Waals surface area contributed by atoms with Crippen LogP contribution in [0.25, 0.3) is 5.76 Å². The maximum absolute atomic E-state index is 13.7. The van der Waals surface area contributed by atoms with Gasteiger partial charge in [-0.15, -0.1) is 0 Å². The predicted molar refractivity (Wildman–Crippen MR) is 123 cm³/mol. The van der Waals surface area contributed by atoms with Crippen LogP contribution in [0.4, 0.5) is 32.0 Å². The fourth-order valence-corrected chi connectivity index (χ4v) is 4.96. The molecule has 4 rings (SSSR count). The number of carbonyl (C=O) groups excluding carboxylic acids is 2. The SMILES string of the molecule is COC(=O)c1ccc2c(c1)N(C(=O)C(F)(F)F)C[C@@]1(CC=C(OS(=O)(=O)C(F)(F)F)c3cc(Cl)ccc31)CO2. The molecular formula is C23H16ClF6NO7S. The zero-order chi connectivity index (χ0) is 29.0. The molecule has 0 N–H and O–H groups in total. The first kappa shape index (κ1) is 28.5. The summed E-state index contributed by atoms with van der Waals surface area (Å²) in [5, 5.41) is -0.0477. The zero-order valence-electron chi connectivity index (χ0n) is 19.5. The minimum absolute atomic E-state index is 0.0164. The monoisotopic (exact) mass is 599 g/mol. The molecule has 0 aromatic heterocycles. The number of amides is 1. The molecule has 0 saturated heterocycles. The molecule has 0 bridgehead atoms. The number of fused-ring (bicyclic) bond motifs is 3. The number of hydrogen-bond acceptors (Lipinski definition) is 7. The van der Waals surface area contributed by atoms with Crippen molar-refractivity contribution >= 4 is 45.0 Å². The minimum Gasteiger partial charge on any atom is -0.490 e. The van der Waals surface area contributed by atoms with Crippen molar-refractivity contribution in [2.45, 2.75) is 23.5 Å². The number of nitrogens with zero attached hydrogens (tertiary/aromatic N) is 1. The van der Waals surface area contributed by atoms with Gasteiger partial charge in [0.1, 0.15) is 18.1 Å². The zero-order valence-corrected chi connectivity index (χ0v) is 21.1. The molecule has 0 saturated carbocycles.